The van der Waals surface area contributed by atoms with E-state index in [1.165, 1.54) is 0 Å². The van der Waals surface area contributed by atoms with Crippen molar-refractivity contribution in [1.29, 1.82) is 0 Å². The molecule has 4 aromatic rings. The molecule has 1 saturated heterocycles. The summed E-state index contributed by atoms with van der Waals surface area (Å²) >= 11 is 0. The van der Waals surface area contributed by atoms with Gasteiger partial charge in [0.1, 0.15) is 18.9 Å². The molecular formula is C30H28N2O4. The van der Waals surface area contributed by atoms with Crippen LogP contribution < -0.4 is 9.47 Å². The van der Waals surface area contributed by atoms with Crippen LogP contribution in [0.3, 0.4) is 0 Å². The summed E-state index contributed by atoms with van der Waals surface area (Å²) in [5.41, 5.74) is 3.54. The van der Waals surface area contributed by atoms with Gasteiger partial charge in [-0.15, -0.1) is 0 Å². The highest BCUT2D eigenvalue weighted by atomic mass is 16.6. The number of fused-ring (bicyclic) bond motifs is 2. The zero-order chi connectivity index (χ0) is 24.5. The molecule has 0 bridgehead atoms. The number of aromatic nitrogens is 1. The van der Waals surface area contributed by atoms with E-state index in [2.05, 4.69) is 22.8 Å². The molecule has 1 aromatic heterocycles. The quantitative estimate of drug-likeness (QED) is 0.369. The molecule has 0 unspecified atom stereocenters. The van der Waals surface area contributed by atoms with E-state index in [9.17, 15) is 9.59 Å². The Balaban J connectivity index is 1.19. The van der Waals surface area contributed by atoms with Crippen molar-refractivity contribution in [3.63, 3.8) is 0 Å². The van der Waals surface area contributed by atoms with Gasteiger partial charge in [0.05, 0.1) is 0 Å². The molecule has 2 aliphatic heterocycles. The number of Topliss-reactive ketones (excluding diaryl/α,β-unsaturated/α-hetero) is 1. The second kappa shape index (κ2) is 9.53. The number of ketones is 1. The standard InChI is InChI=1S/C30H28N2O4/c33-29(24-10-11-27-28(19-24)36-17-16-35-27)22-12-14-31(15-13-22)30(34)26-18-23-8-4-5-9-25(23)32(26)20-21-6-2-1-3-7-21/h1-11,18-19,22H,12-17,20H2. The molecule has 0 N–H and O–H groups in total. The number of hydrogen-bond donors (Lipinski definition) is 0. The van der Waals surface area contributed by atoms with Crippen molar-refractivity contribution in [2.75, 3.05) is 26.3 Å². The Morgan fingerprint density at radius 2 is 1.53 bits per heavy atom. The largest absolute Gasteiger partial charge is 0.486 e. The summed E-state index contributed by atoms with van der Waals surface area (Å²) in [7, 11) is 0. The zero-order valence-electron chi connectivity index (χ0n) is 20.1. The summed E-state index contributed by atoms with van der Waals surface area (Å²) in [6.45, 7) is 2.77. The summed E-state index contributed by atoms with van der Waals surface area (Å²) in [5, 5.41) is 1.06. The van der Waals surface area contributed by atoms with E-state index in [0.717, 1.165) is 16.5 Å². The smallest absolute Gasteiger partial charge is 0.270 e. The molecule has 0 saturated carbocycles. The molecule has 3 heterocycles. The Bertz CT molecular complexity index is 1420. The highest BCUT2D eigenvalue weighted by Crippen LogP contribution is 2.33. The highest BCUT2D eigenvalue weighted by Gasteiger charge is 2.30. The predicted octanol–water partition coefficient (Wildman–Crippen LogP) is 5.20. The normalized spacial score (nSPS) is 15.7. The summed E-state index contributed by atoms with van der Waals surface area (Å²) in [6.07, 6.45) is 1.30. The van der Waals surface area contributed by atoms with Gasteiger partial charge in [-0.05, 0) is 48.7 Å². The molecule has 0 spiro atoms. The fourth-order valence-electron chi connectivity index (χ4n) is 5.26. The van der Waals surface area contributed by atoms with Crippen LogP contribution in [-0.4, -0.2) is 47.5 Å². The first kappa shape index (κ1) is 22.4. The van der Waals surface area contributed by atoms with E-state index in [1.807, 2.05) is 59.5 Å². The maximum atomic E-state index is 13.7. The number of ether oxygens (including phenoxy) is 2. The summed E-state index contributed by atoms with van der Waals surface area (Å²) in [5.74, 6) is 1.34. The SMILES string of the molecule is O=C(c1ccc2c(c1)OCCO2)C1CCN(C(=O)c2cc3ccccc3n2Cc2ccccc2)CC1. The molecular weight excluding hydrogens is 452 g/mol. The van der Waals surface area contributed by atoms with Crippen LogP contribution >= 0.6 is 0 Å². The minimum absolute atomic E-state index is 0.0207. The third kappa shape index (κ3) is 4.24. The average molecular weight is 481 g/mol. The van der Waals surface area contributed by atoms with Gasteiger partial charge in [0, 0.05) is 42.0 Å². The van der Waals surface area contributed by atoms with Crippen molar-refractivity contribution in [1.82, 2.24) is 9.47 Å². The van der Waals surface area contributed by atoms with Gasteiger partial charge in [-0.3, -0.25) is 9.59 Å². The van der Waals surface area contributed by atoms with E-state index in [1.54, 1.807) is 6.07 Å². The molecule has 0 aliphatic carbocycles. The topological polar surface area (TPSA) is 60.8 Å². The number of benzene rings is 3. The van der Waals surface area contributed by atoms with Gasteiger partial charge >= 0.3 is 0 Å². The fraction of sp³-hybridized carbons (Fsp3) is 0.267. The number of rotatable bonds is 5. The maximum absolute atomic E-state index is 13.7. The van der Waals surface area contributed by atoms with Crippen molar-refractivity contribution in [2.45, 2.75) is 19.4 Å². The van der Waals surface area contributed by atoms with Gasteiger partial charge < -0.3 is 18.9 Å². The third-order valence-electron chi connectivity index (χ3n) is 7.19. The summed E-state index contributed by atoms with van der Waals surface area (Å²) in [6, 6.07) is 25.7. The second-order valence-corrected chi connectivity index (χ2v) is 9.45. The molecule has 1 amide bonds. The number of carbonyl (C=O) groups excluding carboxylic acids is 2. The Morgan fingerprint density at radius 3 is 2.33 bits per heavy atom. The number of para-hydroxylation sites is 1. The molecule has 182 valence electrons. The van der Waals surface area contributed by atoms with Crippen molar-refractivity contribution in [3.05, 3.63) is 95.7 Å². The van der Waals surface area contributed by atoms with Crippen LogP contribution in [0.15, 0.2) is 78.9 Å². The zero-order valence-corrected chi connectivity index (χ0v) is 20.1. The Morgan fingerprint density at radius 1 is 0.806 bits per heavy atom. The number of piperidine rings is 1. The van der Waals surface area contributed by atoms with Gasteiger partial charge in [0.15, 0.2) is 17.3 Å². The number of nitrogens with zero attached hydrogens (tertiary/aromatic N) is 2. The van der Waals surface area contributed by atoms with Gasteiger partial charge in [-0.2, -0.15) is 0 Å². The van der Waals surface area contributed by atoms with E-state index in [0.29, 0.717) is 68.4 Å². The Hall–Kier alpha value is -4.06. The Labute approximate surface area is 210 Å². The van der Waals surface area contributed by atoms with E-state index >= 15 is 0 Å². The van der Waals surface area contributed by atoms with Gasteiger partial charge in [0.25, 0.3) is 5.91 Å². The molecule has 0 atom stereocenters. The Kier molecular flexibility index (Phi) is 5.93. The van der Waals surface area contributed by atoms with Crippen molar-refractivity contribution < 1.29 is 19.1 Å². The van der Waals surface area contributed by atoms with Gasteiger partial charge in [-0.1, -0.05) is 48.5 Å². The lowest BCUT2D eigenvalue weighted by molar-refractivity contribution is 0.0642. The molecule has 6 heteroatoms. The predicted molar refractivity (Wildman–Crippen MR) is 138 cm³/mol. The van der Waals surface area contributed by atoms with Crippen LogP contribution in [0.1, 0.15) is 39.3 Å². The number of hydrogen-bond acceptors (Lipinski definition) is 4. The van der Waals surface area contributed by atoms with Crippen molar-refractivity contribution >= 4 is 22.6 Å². The minimum atomic E-state index is -0.105. The molecule has 2 aliphatic rings. The van der Waals surface area contributed by atoms with E-state index in [4.69, 9.17) is 9.47 Å². The summed E-state index contributed by atoms with van der Waals surface area (Å²) in [4.78, 5) is 28.8. The van der Waals surface area contributed by atoms with Crippen LogP contribution in [0.4, 0.5) is 0 Å². The lowest BCUT2D eigenvalue weighted by Gasteiger charge is -2.31. The van der Waals surface area contributed by atoms with Crippen LogP contribution in [0, 0.1) is 5.92 Å². The van der Waals surface area contributed by atoms with E-state index in [-0.39, 0.29) is 17.6 Å². The monoisotopic (exact) mass is 480 g/mol. The summed E-state index contributed by atoms with van der Waals surface area (Å²) < 4.78 is 13.3. The highest BCUT2D eigenvalue weighted by molar-refractivity contribution is 6.00. The van der Waals surface area contributed by atoms with E-state index < -0.39 is 0 Å². The molecule has 0 radical (unpaired) electrons. The third-order valence-corrected chi connectivity index (χ3v) is 7.19. The van der Waals surface area contributed by atoms with Crippen molar-refractivity contribution in [2.24, 2.45) is 5.92 Å². The average Bonchev–Trinajstić information content (AvgIpc) is 3.31. The molecule has 36 heavy (non-hydrogen) atoms. The number of amides is 1. The lowest BCUT2D eigenvalue weighted by atomic mass is 9.88. The van der Waals surface area contributed by atoms with Crippen LogP contribution in [0.5, 0.6) is 11.5 Å². The van der Waals surface area contributed by atoms with Crippen LogP contribution in [0.2, 0.25) is 0 Å². The number of carbonyl (C=O) groups is 2. The lowest BCUT2D eigenvalue weighted by Crippen LogP contribution is -2.41. The minimum Gasteiger partial charge on any atom is -0.486 e. The molecule has 1 fully saturated rings. The second-order valence-electron chi connectivity index (χ2n) is 9.45. The molecule has 6 rings (SSSR count). The first-order chi connectivity index (χ1) is 17.7. The first-order valence-electron chi connectivity index (χ1n) is 12.5. The van der Waals surface area contributed by atoms with Crippen LogP contribution in [-0.2, 0) is 6.54 Å². The van der Waals surface area contributed by atoms with Crippen molar-refractivity contribution in [3.8, 4) is 11.5 Å². The molecule has 3 aromatic carbocycles. The van der Waals surface area contributed by atoms with Crippen LogP contribution in [0.25, 0.3) is 10.9 Å². The maximum Gasteiger partial charge on any atom is 0.270 e. The van der Waals surface area contributed by atoms with Gasteiger partial charge in [0.2, 0.25) is 0 Å². The number of likely N-dealkylation sites (tertiary alicyclic amines) is 1. The first-order valence-corrected chi connectivity index (χ1v) is 12.5. The van der Waals surface area contributed by atoms with Gasteiger partial charge in [-0.25, -0.2) is 0 Å². The fourth-order valence-corrected chi connectivity index (χ4v) is 5.26. The molecule has 6 nitrogen and oxygen atoms in total.